The largest absolute Gasteiger partial charge is 0.477 e. The minimum absolute atomic E-state index is 0.236. The summed E-state index contributed by atoms with van der Waals surface area (Å²) in [7, 11) is 0. The van der Waals surface area contributed by atoms with E-state index < -0.39 is 17.5 Å². The van der Waals surface area contributed by atoms with Crippen LogP contribution in [0.3, 0.4) is 0 Å². The fraction of sp³-hybridized carbons (Fsp3) is 0.118. The van der Waals surface area contributed by atoms with E-state index in [0.717, 1.165) is 12.1 Å². The summed E-state index contributed by atoms with van der Waals surface area (Å²) in [6, 6.07) is 6.74. The van der Waals surface area contributed by atoms with Crippen LogP contribution in [0, 0.1) is 11.6 Å². The van der Waals surface area contributed by atoms with Crippen molar-refractivity contribution in [1.29, 1.82) is 0 Å². The fourth-order valence-electron chi connectivity index (χ4n) is 2.10. The molecule has 1 aromatic carbocycles. The molecule has 0 spiro atoms. The number of rotatable bonds is 5. The molecule has 2 aromatic heterocycles. The number of carbonyl (C=O) groups excluding carboxylic acids is 1. The van der Waals surface area contributed by atoms with Gasteiger partial charge in [-0.05, 0) is 37.3 Å². The average Bonchev–Trinajstić information content (AvgIpc) is 3.06. The Balaban J connectivity index is 1.79. The molecule has 0 radical (unpaired) electrons. The molecule has 128 valence electrons. The molecule has 0 fully saturated rings. The van der Waals surface area contributed by atoms with Gasteiger partial charge in [0.1, 0.15) is 5.56 Å². The van der Waals surface area contributed by atoms with Crippen LogP contribution < -0.4 is 10.1 Å². The normalized spacial score (nSPS) is 10.5. The van der Waals surface area contributed by atoms with Crippen molar-refractivity contribution >= 4 is 22.4 Å². The number of hydrogen-bond acceptors (Lipinski definition) is 5. The highest BCUT2D eigenvalue weighted by molar-refractivity contribution is 7.14. The van der Waals surface area contributed by atoms with E-state index >= 15 is 0 Å². The van der Waals surface area contributed by atoms with Crippen molar-refractivity contribution in [3.8, 4) is 17.1 Å². The molecule has 0 bridgehead atoms. The van der Waals surface area contributed by atoms with E-state index in [4.69, 9.17) is 4.74 Å². The molecule has 3 aromatic rings. The second-order valence-electron chi connectivity index (χ2n) is 4.91. The van der Waals surface area contributed by atoms with Gasteiger partial charge in [0.05, 0.1) is 12.3 Å². The number of benzene rings is 1. The number of amides is 1. The number of hydrogen-bond donors (Lipinski definition) is 1. The number of anilines is 1. The summed E-state index contributed by atoms with van der Waals surface area (Å²) in [5.74, 6) is -2.05. The number of ether oxygens (including phenoxy) is 1. The third-order valence-electron chi connectivity index (χ3n) is 3.24. The smallest absolute Gasteiger partial charge is 0.262 e. The predicted molar refractivity (Wildman–Crippen MR) is 90.8 cm³/mol. The van der Waals surface area contributed by atoms with Crippen molar-refractivity contribution in [2.45, 2.75) is 6.92 Å². The molecule has 3 rings (SSSR count). The monoisotopic (exact) mass is 361 g/mol. The van der Waals surface area contributed by atoms with Gasteiger partial charge in [0.25, 0.3) is 5.91 Å². The van der Waals surface area contributed by atoms with Gasteiger partial charge in [-0.15, -0.1) is 11.3 Å². The maximum Gasteiger partial charge on any atom is 0.262 e. The van der Waals surface area contributed by atoms with Crippen molar-refractivity contribution < 1.29 is 18.3 Å². The summed E-state index contributed by atoms with van der Waals surface area (Å²) in [4.78, 5) is 20.6. The number of halogens is 2. The van der Waals surface area contributed by atoms with Crippen LogP contribution in [0.2, 0.25) is 0 Å². The van der Waals surface area contributed by atoms with Gasteiger partial charge in [0.15, 0.2) is 16.8 Å². The van der Waals surface area contributed by atoms with E-state index in [-0.39, 0.29) is 11.4 Å². The molecule has 8 heteroatoms. The zero-order chi connectivity index (χ0) is 17.8. The molecule has 0 unspecified atom stereocenters. The first-order valence-electron chi connectivity index (χ1n) is 7.38. The molecular formula is C17H13F2N3O2S. The summed E-state index contributed by atoms with van der Waals surface area (Å²) < 4.78 is 31.7. The van der Waals surface area contributed by atoms with E-state index in [2.05, 4.69) is 15.3 Å². The van der Waals surface area contributed by atoms with Gasteiger partial charge in [-0.2, -0.15) is 0 Å². The molecule has 0 saturated heterocycles. The lowest BCUT2D eigenvalue weighted by Gasteiger charge is -2.07. The number of nitrogens with one attached hydrogen (secondary N) is 1. The predicted octanol–water partition coefficient (Wildman–Crippen LogP) is 4.13. The summed E-state index contributed by atoms with van der Waals surface area (Å²) in [5.41, 5.74) is 1.15. The first-order chi connectivity index (χ1) is 12.1. The van der Waals surface area contributed by atoms with Crippen LogP contribution in [-0.4, -0.2) is 22.5 Å². The van der Waals surface area contributed by atoms with Crippen LogP contribution in [0.1, 0.15) is 17.3 Å². The topological polar surface area (TPSA) is 64.1 Å². The summed E-state index contributed by atoms with van der Waals surface area (Å²) >= 11 is 1.18. The number of carbonyl (C=O) groups is 1. The lowest BCUT2D eigenvalue weighted by Crippen LogP contribution is -2.14. The van der Waals surface area contributed by atoms with Crippen molar-refractivity contribution in [3.63, 3.8) is 0 Å². The maximum absolute atomic E-state index is 13.3. The summed E-state index contributed by atoms with van der Waals surface area (Å²) in [5, 5.41) is 4.63. The lowest BCUT2D eigenvalue weighted by atomic mass is 10.2. The first kappa shape index (κ1) is 17.0. The molecule has 1 amide bonds. The van der Waals surface area contributed by atoms with Crippen LogP contribution in [0.5, 0.6) is 5.88 Å². The molecule has 0 saturated carbocycles. The molecular weight excluding hydrogens is 348 g/mol. The molecule has 0 aliphatic heterocycles. The van der Waals surface area contributed by atoms with Crippen LogP contribution >= 0.6 is 11.3 Å². The minimum atomic E-state index is -0.951. The van der Waals surface area contributed by atoms with Crippen molar-refractivity contribution in [2.24, 2.45) is 0 Å². The van der Waals surface area contributed by atoms with Gasteiger partial charge in [-0.25, -0.2) is 18.7 Å². The number of nitrogens with zero attached hydrogens (tertiary/aromatic N) is 2. The number of thiazole rings is 1. The first-order valence-corrected chi connectivity index (χ1v) is 8.26. The zero-order valence-corrected chi connectivity index (χ0v) is 13.9. The Morgan fingerprint density at radius 1 is 1.28 bits per heavy atom. The van der Waals surface area contributed by atoms with Crippen LogP contribution in [0.25, 0.3) is 11.3 Å². The molecule has 2 heterocycles. The molecule has 5 nitrogen and oxygen atoms in total. The fourth-order valence-corrected chi connectivity index (χ4v) is 2.81. The Bertz CT molecular complexity index is 914. The zero-order valence-electron chi connectivity index (χ0n) is 13.1. The Morgan fingerprint density at radius 3 is 2.88 bits per heavy atom. The van der Waals surface area contributed by atoms with Crippen LogP contribution in [0.15, 0.2) is 41.9 Å². The van der Waals surface area contributed by atoms with E-state index in [9.17, 15) is 13.6 Å². The van der Waals surface area contributed by atoms with Gasteiger partial charge in [0, 0.05) is 17.1 Å². The molecule has 0 aliphatic carbocycles. The Hall–Kier alpha value is -2.87. The Labute approximate surface area is 146 Å². The van der Waals surface area contributed by atoms with Gasteiger partial charge in [0.2, 0.25) is 5.88 Å². The average molecular weight is 361 g/mol. The summed E-state index contributed by atoms with van der Waals surface area (Å²) in [6.07, 6.45) is 1.53. The molecule has 0 aliphatic rings. The Kier molecular flexibility index (Phi) is 4.99. The van der Waals surface area contributed by atoms with Crippen molar-refractivity contribution in [2.75, 3.05) is 11.9 Å². The standard InChI is InChI=1S/C17H13F2N3O2S/c1-2-24-16-11(4-3-7-20-16)15(23)22-17-21-14(9-25-17)10-5-6-12(18)13(19)8-10/h3-9H,2H2,1H3,(H,21,22,23). The minimum Gasteiger partial charge on any atom is -0.477 e. The van der Waals surface area contributed by atoms with Gasteiger partial charge >= 0.3 is 0 Å². The van der Waals surface area contributed by atoms with E-state index in [1.807, 2.05) is 0 Å². The Morgan fingerprint density at radius 2 is 2.12 bits per heavy atom. The third-order valence-corrected chi connectivity index (χ3v) is 3.99. The van der Waals surface area contributed by atoms with Crippen LogP contribution in [0.4, 0.5) is 13.9 Å². The van der Waals surface area contributed by atoms with Crippen LogP contribution in [-0.2, 0) is 0 Å². The van der Waals surface area contributed by atoms with Crippen molar-refractivity contribution in [3.05, 3.63) is 59.1 Å². The highest BCUT2D eigenvalue weighted by Crippen LogP contribution is 2.27. The van der Waals surface area contributed by atoms with Gasteiger partial charge in [-0.1, -0.05) is 0 Å². The lowest BCUT2D eigenvalue weighted by molar-refractivity contribution is 0.102. The van der Waals surface area contributed by atoms with Crippen molar-refractivity contribution in [1.82, 2.24) is 9.97 Å². The molecule has 25 heavy (non-hydrogen) atoms. The van der Waals surface area contributed by atoms with E-state index in [0.29, 0.717) is 23.0 Å². The molecule has 1 N–H and O–H groups in total. The van der Waals surface area contributed by atoms with E-state index in [1.165, 1.54) is 23.6 Å². The van der Waals surface area contributed by atoms with Gasteiger partial charge in [-0.3, -0.25) is 10.1 Å². The second kappa shape index (κ2) is 7.35. The highest BCUT2D eigenvalue weighted by atomic mass is 32.1. The summed E-state index contributed by atoms with van der Waals surface area (Å²) in [6.45, 7) is 2.18. The SMILES string of the molecule is CCOc1ncccc1C(=O)Nc1nc(-c2ccc(F)c(F)c2)cs1. The van der Waals surface area contributed by atoms with Gasteiger partial charge < -0.3 is 4.74 Å². The quantitative estimate of drug-likeness (QED) is 0.742. The second-order valence-corrected chi connectivity index (χ2v) is 5.77. The highest BCUT2D eigenvalue weighted by Gasteiger charge is 2.15. The third kappa shape index (κ3) is 3.80. The molecule has 0 atom stereocenters. The van der Waals surface area contributed by atoms with E-state index in [1.54, 1.807) is 24.4 Å². The number of aromatic nitrogens is 2. The maximum atomic E-state index is 13.3. The number of pyridine rings is 1.